The summed E-state index contributed by atoms with van der Waals surface area (Å²) < 4.78 is 0. The van der Waals surface area contributed by atoms with E-state index in [1.807, 2.05) is 0 Å². The maximum atomic E-state index is 13.4. The average molecular weight is 957 g/mol. The second-order valence-corrected chi connectivity index (χ2v) is 16.0. The number of benzene rings is 5. The fourth-order valence-electron chi connectivity index (χ4n) is 5.49. The van der Waals surface area contributed by atoms with Gasteiger partial charge in [0, 0.05) is 54.0 Å². The van der Waals surface area contributed by atoms with Crippen LogP contribution in [0.2, 0.25) is 30.1 Å². The van der Waals surface area contributed by atoms with Crippen LogP contribution in [-0.4, -0.2) is 47.3 Å². The van der Waals surface area contributed by atoms with E-state index in [0.29, 0.717) is 42.6 Å². The molecule has 5 rings (SSSR count). The molecule has 0 aromatic heterocycles. The third-order valence-corrected chi connectivity index (χ3v) is 10.3. The van der Waals surface area contributed by atoms with Crippen molar-refractivity contribution in [1.82, 2.24) is 0 Å². The average Bonchev–Trinajstić information content (AvgIpc) is 3.18. The van der Waals surface area contributed by atoms with E-state index in [2.05, 4.69) is 41.7 Å². The van der Waals surface area contributed by atoms with E-state index < -0.39 is 47.3 Å². The van der Waals surface area contributed by atoms with Crippen LogP contribution in [-0.2, 0) is 19.2 Å². The molecule has 0 aliphatic heterocycles. The van der Waals surface area contributed by atoms with Gasteiger partial charge >= 0.3 is 0 Å². The van der Waals surface area contributed by atoms with Gasteiger partial charge in [0.25, 0.3) is 23.6 Å². The standard InChI is InChI=1S/C42H32Cl6N8O6/c1-19-20(2)34(52-42(62)38(22(4)58)56-54-36-12-24(6-8-32(36)48)40(60)50-30-17-27(45)14-28(46)18-30)10-9-33(19)51-41(61)37(21(3)57)55-53-35-11-23(5-7-31(35)47)39(59)49-29-15-25(43)13-26(44)16-29/h5-18,37-38H,1-4H3,(H,49,59)(H,50,60)(H,51,61)(H,52,62). The minimum Gasteiger partial charge on any atom is -0.324 e. The molecule has 0 bridgehead atoms. The topological polar surface area (TPSA) is 200 Å². The van der Waals surface area contributed by atoms with Gasteiger partial charge in [0.15, 0.2) is 11.6 Å². The molecule has 5 aromatic rings. The van der Waals surface area contributed by atoms with Crippen molar-refractivity contribution in [3.63, 3.8) is 0 Å². The summed E-state index contributed by atoms with van der Waals surface area (Å²) in [5.74, 6) is -4.02. The van der Waals surface area contributed by atoms with Crippen molar-refractivity contribution in [2.45, 2.75) is 39.8 Å². The van der Waals surface area contributed by atoms with E-state index in [0.717, 1.165) is 13.8 Å². The quantitative estimate of drug-likeness (QED) is 0.0630. The molecule has 5 aromatic carbocycles. The number of ketones is 2. The summed E-state index contributed by atoms with van der Waals surface area (Å²) in [6.07, 6.45) is 0. The van der Waals surface area contributed by atoms with Crippen LogP contribution in [0, 0.1) is 13.8 Å². The summed E-state index contributed by atoms with van der Waals surface area (Å²) in [6.45, 7) is 5.63. The molecule has 0 aliphatic carbocycles. The van der Waals surface area contributed by atoms with Gasteiger partial charge in [-0.15, -0.1) is 0 Å². The number of anilines is 4. The van der Waals surface area contributed by atoms with Crippen LogP contribution in [0.5, 0.6) is 0 Å². The summed E-state index contributed by atoms with van der Waals surface area (Å²) in [5, 5.41) is 28.1. The van der Waals surface area contributed by atoms with Crippen LogP contribution in [0.4, 0.5) is 34.1 Å². The van der Waals surface area contributed by atoms with Gasteiger partial charge in [0.1, 0.15) is 11.4 Å². The van der Waals surface area contributed by atoms with Crippen LogP contribution in [0.15, 0.2) is 105 Å². The molecule has 2 atom stereocenters. The first-order valence-corrected chi connectivity index (χ1v) is 20.2. The second-order valence-electron chi connectivity index (χ2n) is 13.4. The Kier molecular flexibility index (Phi) is 15.9. The molecule has 2 unspecified atom stereocenters. The lowest BCUT2D eigenvalue weighted by Gasteiger charge is -2.17. The first-order chi connectivity index (χ1) is 29.3. The maximum Gasteiger partial charge on any atom is 0.258 e. The van der Waals surface area contributed by atoms with E-state index in [1.165, 1.54) is 84.9 Å². The number of hydrogen-bond acceptors (Lipinski definition) is 10. The molecule has 0 saturated carbocycles. The van der Waals surface area contributed by atoms with Gasteiger partial charge in [-0.1, -0.05) is 69.6 Å². The molecule has 20 heteroatoms. The Labute approximate surface area is 384 Å². The Balaban J connectivity index is 1.27. The predicted octanol–water partition coefficient (Wildman–Crippen LogP) is 12.1. The summed E-state index contributed by atoms with van der Waals surface area (Å²) in [5.41, 5.74) is 2.55. The minimum atomic E-state index is -1.61. The van der Waals surface area contributed by atoms with Crippen molar-refractivity contribution in [2.75, 3.05) is 21.3 Å². The number of amides is 4. The normalized spacial score (nSPS) is 12.2. The summed E-state index contributed by atoms with van der Waals surface area (Å²) >= 11 is 36.7. The van der Waals surface area contributed by atoms with Gasteiger partial charge in [0.05, 0.1) is 10.0 Å². The van der Waals surface area contributed by atoms with E-state index in [9.17, 15) is 28.8 Å². The Morgan fingerprint density at radius 2 is 0.806 bits per heavy atom. The molecule has 62 heavy (non-hydrogen) atoms. The zero-order chi connectivity index (χ0) is 45.4. The molecule has 14 nitrogen and oxygen atoms in total. The van der Waals surface area contributed by atoms with Gasteiger partial charge in [-0.25, -0.2) is 0 Å². The predicted molar refractivity (Wildman–Crippen MR) is 243 cm³/mol. The molecule has 318 valence electrons. The highest BCUT2D eigenvalue weighted by molar-refractivity contribution is 6.36. The zero-order valence-corrected chi connectivity index (χ0v) is 37.3. The molecular weight excluding hydrogens is 925 g/mol. The maximum absolute atomic E-state index is 13.4. The first-order valence-electron chi connectivity index (χ1n) is 18.0. The molecule has 0 heterocycles. The number of nitrogens with one attached hydrogen (secondary N) is 4. The first kappa shape index (κ1) is 47.3. The van der Waals surface area contributed by atoms with Crippen LogP contribution in [0.3, 0.4) is 0 Å². The van der Waals surface area contributed by atoms with Gasteiger partial charge in [-0.3, -0.25) is 28.8 Å². The lowest BCUT2D eigenvalue weighted by Crippen LogP contribution is -2.33. The third-order valence-electron chi connectivity index (χ3n) is 8.79. The van der Waals surface area contributed by atoms with E-state index >= 15 is 0 Å². The third kappa shape index (κ3) is 12.4. The summed E-state index contributed by atoms with van der Waals surface area (Å²) in [4.78, 5) is 77.9. The number of rotatable bonds is 14. The van der Waals surface area contributed by atoms with Gasteiger partial charge in [-0.2, -0.15) is 20.5 Å². The highest BCUT2D eigenvalue weighted by atomic mass is 35.5. The second kappa shape index (κ2) is 20.9. The lowest BCUT2D eigenvalue weighted by molar-refractivity contribution is -0.127. The highest BCUT2D eigenvalue weighted by Crippen LogP contribution is 2.31. The number of azo groups is 2. The van der Waals surface area contributed by atoms with E-state index in [1.54, 1.807) is 13.8 Å². The minimum absolute atomic E-state index is 0.0121. The van der Waals surface area contributed by atoms with Crippen molar-refractivity contribution in [3.05, 3.63) is 137 Å². The number of hydrogen-bond donors (Lipinski definition) is 4. The van der Waals surface area contributed by atoms with E-state index in [-0.39, 0.29) is 43.9 Å². The highest BCUT2D eigenvalue weighted by Gasteiger charge is 2.27. The largest absolute Gasteiger partial charge is 0.324 e. The number of halogens is 6. The molecule has 0 fully saturated rings. The van der Waals surface area contributed by atoms with Gasteiger partial charge in [-0.05, 0) is 124 Å². The van der Waals surface area contributed by atoms with Crippen LogP contribution in [0.25, 0.3) is 0 Å². The number of carbonyl (C=O) groups excluding carboxylic acids is 6. The molecule has 0 radical (unpaired) electrons. The molecule has 0 saturated heterocycles. The smallest absolute Gasteiger partial charge is 0.258 e. The van der Waals surface area contributed by atoms with E-state index in [4.69, 9.17) is 69.6 Å². The molecule has 0 spiro atoms. The van der Waals surface area contributed by atoms with Crippen LogP contribution >= 0.6 is 69.6 Å². The summed E-state index contributed by atoms with van der Waals surface area (Å²) in [7, 11) is 0. The van der Waals surface area contributed by atoms with Crippen molar-refractivity contribution >= 4 is 139 Å². The van der Waals surface area contributed by atoms with Crippen LogP contribution in [0.1, 0.15) is 45.7 Å². The van der Waals surface area contributed by atoms with Gasteiger partial charge in [0.2, 0.25) is 12.1 Å². The Morgan fingerprint density at radius 3 is 1.13 bits per heavy atom. The molecule has 4 N–H and O–H groups in total. The Morgan fingerprint density at radius 1 is 0.468 bits per heavy atom. The van der Waals surface area contributed by atoms with Crippen molar-refractivity contribution in [2.24, 2.45) is 20.5 Å². The SMILES string of the molecule is CC(=O)C(N=Nc1cc(C(=O)Nc2cc(Cl)cc(Cl)c2)ccc1Cl)C(=O)Nc1ccc(NC(=O)C(N=Nc2cc(C(=O)Nc3cc(Cl)cc(Cl)c3)ccc2Cl)C(C)=O)c(C)c1C. The van der Waals surface area contributed by atoms with Gasteiger partial charge < -0.3 is 21.3 Å². The van der Waals surface area contributed by atoms with Crippen molar-refractivity contribution < 1.29 is 28.8 Å². The van der Waals surface area contributed by atoms with Crippen molar-refractivity contribution in [1.29, 1.82) is 0 Å². The monoisotopic (exact) mass is 954 g/mol. The number of nitrogens with zero attached hydrogens (tertiary/aromatic N) is 4. The fourth-order valence-corrected chi connectivity index (χ4v) is 6.85. The van der Waals surface area contributed by atoms with Crippen LogP contribution < -0.4 is 21.3 Å². The zero-order valence-electron chi connectivity index (χ0n) is 32.7. The number of carbonyl (C=O) groups is 6. The lowest BCUT2D eigenvalue weighted by atomic mass is 10.0. The Hall–Kier alpha value is -5.74. The fraction of sp³-hybridized carbons (Fsp3) is 0.143. The molecule has 0 aliphatic rings. The van der Waals surface area contributed by atoms with Crippen molar-refractivity contribution in [3.8, 4) is 0 Å². The number of Topliss-reactive ketones (excluding diaryl/α,β-unsaturated/α-hetero) is 2. The Bertz CT molecular complexity index is 2490. The molecule has 4 amide bonds. The summed E-state index contributed by atoms with van der Waals surface area (Å²) in [6, 6.07) is 17.2. The molecular formula is C42H32Cl6N8O6.